The molecule has 4 rings (SSSR count). The molecule has 2 aromatic carbocycles. The molecule has 0 spiro atoms. The average molecular weight is 431 g/mol. The number of benzene rings is 2. The standard InChI is InChI=1S/C24H25N5O3/c1-17-6-8-20(9-7-17)32-15-22(30)25-10-11-29-23-21(13-27-29)24(31)28(16-26-23)14-19-5-3-4-18(2)12-19/h3-9,12-13,16H,10-11,14-15H2,1-2H3,(H,25,30). The van der Waals surface area contributed by atoms with Crippen molar-refractivity contribution in [1.82, 2.24) is 24.6 Å². The van der Waals surface area contributed by atoms with Crippen LogP contribution in [0.3, 0.4) is 0 Å². The molecule has 1 N–H and O–H groups in total. The summed E-state index contributed by atoms with van der Waals surface area (Å²) in [5, 5.41) is 7.52. The van der Waals surface area contributed by atoms with Gasteiger partial charge in [0, 0.05) is 6.54 Å². The Kier molecular flexibility index (Phi) is 6.30. The topological polar surface area (TPSA) is 91.0 Å². The first-order valence-electron chi connectivity index (χ1n) is 10.4. The van der Waals surface area contributed by atoms with Gasteiger partial charge in [0.2, 0.25) is 0 Å². The third-order valence-electron chi connectivity index (χ3n) is 5.09. The van der Waals surface area contributed by atoms with Crippen LogP contribution < -0.4 is 15.6 Å². The molecule has 0 saturated heterocycles. The number of ether oxygens (including phenoxy) is 1. The summed E-state index contributed by atoms with van der Waals surface area (Å²) in [5.74, 6) is 0.422. The zero-order chi connectivity index (χ0) is 22.5. The number of aryl methyl sites for hydroxylation is 2. The molecule has 2 heterocycles. The van der Waals surface area contributed by atoms with E-state index in [0.717, 1.165) is 16.7 Å². The maximum atomic E-state index is 12.8. The number of rotatable bonds is 8. The van der Waals surface area contributed by atoms with Crippen LogP contribution in [0.1, 0.15) is 16.7 Å². The van der Waals surface area contributed by atoms with E-state index < -0.39 is 0 Å². The van der Waals surface area contributed by atoms with Crippen LogP contribution in [0.2, 0.25) is 0 Å². The Morgan fingerprint density at radius 2 is 1.91 bits per heavy atom. The predicted molar refractivity (Wildman–Crippen MR) is 122 cm³/mol. The monoisotopic (exact) mass is 431 g/mol. The Labute approximate surface area is 185 Å². The third-order valence-corrected chi connectivity index (χ3v) is 5.09. The predicted octanol–water partition coefficient (Wildman–Crippen LogP) is 2.45. The molecule has 0 aliphatic rings. The van der Waals surface area contributed by atoms with E-state index in [0.29, 0.717) is 36.4 Å². The van der Waals surface area contributed by atoms with Crippen LogP contribution in [0.4, 0.5) is 0 Å². The molecule has 0 bridgehead atoms. The molecule has 4 aromatic rings. The van der Waals surface area contributed by atoms with Crippen molar-refractivity contribution in [2.45, 2.75) is 26.9 Å². The first kappa shape index (κ1) is 21.3. The van der Waals surface area contributed by atoms with Crippen LogP contribution in [0.25, 0.3) is 11.0 Å². The second-order valence-corrected chi connectivity index (χ2v) is 7.72. The van der Waals surface area contributed by atoms with Crippen molar-refractivity contribution < 1.29 is 9.53 Å². The van der Waals surface area contributed by atoms with E-state index >= 15 is 0 Å². The molecule has 1 amide bonds. The SMILES string of the molecule is Cc1ccc(OCC(=O)NCCn2ncc3c(=O)n(Cc4cccc(C)c4)cnc32)cc1. The Bertz CT molecular complexity index is 1290. The quantitative estimate of drug-likeness (QED) is 0.463. The summed E-state index contributed by atoms with van der Waals surface area (Å²) in [6.45, 7) is 5.14. The van der Waals surface area contributed by atoms with Gasteiger partial charge in [0.15, 0.2) is 12.3 Å². The maximum Gasteiger partial charge on any atom is 0.264 e. The molecule has 2 aromatic heterocycles. The van der Waals surface area contributed by atoms with E-state index in [1.165, 1.54) is 6.20 Å². The van der Waals surface area contributed by atoms with Crippen LogP contribution in [0.15, 0.2) is 65.8 Å². The number of carbonyl (C=O) groups excluding carboxylic acids is 1. The van der Waals surface area contributed by atoms with Gasteiger partial charge in [0.25, 0.3) is 11.5 Å². The minimum absolute atomic E-state index is 0.0646. The van der Waals surface area contributed by atoms with Crippen molar-refractivity contribution in [3.05, 3.63) is 88.1 Å². The number of hydrogen-bond donors (Lipinski definition) is 1. The number of nitrogens with zero attached hydrogens (tertiary/aromatic N) is 4. The van der Waals surface area contributed by atoms with Crippen LogP contribution in [-0.2, 0) is 17.9 Å². The van der Waals surface area contributed by atoms with Gasteiger partial charge in [-0.05, 0) is 31.5 Å². The van der Waals surface area contributed by atoms with Gasteiger partial charge in [0.05, 0.1) is 19.3 Å². The van der Waals surface area contributed by atoms with Gasteiger partial charge in [-0.1, -0.05) is 47.5 Å². The summed E-state index contributed by atoms with van der Waals surface area (Å²) in [7, 11) is 0. The molecule has 8 heteroatoms. The summed E-state index contributed by atoms with van der Waals surface area (Å²) in [5.41, 5.74) is 3.67. The fraction of sp³-hybridized carbons (Fsp3) is 0.250. The molecule has 0 radical (unpaired) electrons. The lowest BCUT2D eigenvalue weighted by Gasteiger charge is -2.09. The van der Waals surface area contributed by atoms with E-state index in [-0.39, 0.29) is 18.1 Å². The molecular weight excluding hydrogens is 406 g/mol. The first-order chi connectivity index (χ1) is 15.5. The van der Waals surface area contributed by atoms with E-state index in [9.17, 15) is 9.59 Å². The van der Waals surface area contributed by atoms with E-state index in [2.05, 4.69) is 15.4 Å². The highest BCUT2D eigenvalue weighted by molar-refractivity contribution is 5.77. The summed E-state index contributed by atoms with van der Waals surface area (Å²) in [6.07, 6.45) is 3.07. The maximum absolute atomic E-state index is 12.8. The molecule has 0 aliphatic heterocycles. The van der Waals surface area contributed by atoms with Crippen molar-refractivity contribution in [2.75, 3.05) is 13.2 Å². The van der Waals surface area contributed by atoms with Gasteiger partial charge >= 0.3 is 0 Å². The molecular formula is C24H25N5O3. The van der Waals surface area contributed by atoms with Crippen LogP contribution >= 0.6 is 0 Å². The highest BCUT2D eigenvalue weighted by Crippen LogP contribution is 2.11. The lowest BCUT2D eigenvalue weighted by Crippen LogP contribution is -2.31. The fourth-order valence-corrected chi connectivity index (χ4v) is 3.42. The first-order valence-corrected chi connectivity index (χ1v) is 10.4. The Hall–Kier alpha value is -3.94. The minimum Gasteiger partial charge on any atom is -0.484 e. The number of aromatic nitrogens is 4. The van der Waals surface area contributed by atoms with Gasteiger partial charge in [-0.3, -0.25) is 14.2 Å². The number of amides is 1. The van der Waals surface area contributed by atoms with Crippen molar-refractivity contribution in [2.24, 2.45) is 0 Å². The molecule has 0 atom stereocenters. The highest BCUT2D eigenvalue weighted by Gasteiger charge is 2.11. The second-order valence-electron chi connectivity index (χ2n) is 7.72. The van der Waals surface area contributed by atoms with Crippen LogP contribution in [-0.4, -0.2) is 38.4 Å². The van der Waals surface area contributed by atoms with Crippen molar-refractivity contribution in [1.29, 1.82) is 0 Å². The second kappa shape index (κ2) is 9.47. The van der Waals surface area contributed by atoms with Crippen molar-refractivity contribution >= 4 is 16.9 Å². The molecule has 8 nitrogen and oxygen atoms in total. The third kappa shape index (κ3) is 5.03. The lowest BCUT2D eigenvalue weighted by atomic mass is 10.1. The molecule has 32 heavy (non-hydrogen) atoms. The molecule has 164 valence electrons. The minimum atomic E-state index is -0.226. The highest BCUT2D eigenvalue weighted by atomic mass is 16.5. The smallest absolute Gasteiger partial charge is 0.264 e. The Morgan fingerprint density at radius 3 is 2.69 bits per heavy atom. The van der Waals surface area contributed by atoms with Gasteiger partial charge in [-0.25, -0.2) is 9.67 Å². The zero-order valence-corrected chi connectivity index (χ0v) is 18.1. The fourth-order valence-electron chi connectivity index (χ4n) is 3.42. The molecule has 0 unspecified atom stereocenters. The number of fused-ring (bicyclic) bond motifs is 1. The van der Waals surface area contributed by atoms with Crippen LogP contribution in [0, 0.1) is 13.8 Å². The summed E-state index contributed by atoms with van der Waals surface area (Å²) in [4.78, 5) is 29.3. The summed E-state index contributed by atoms with van der Waals surface area (Å²) < 4.78 is 8.67. The van der Waals surface area contributed by atoms with E-state index in [1.807, 2.05) is 62.4 Å². The van der Waals surface area contributed by atoms with Gasteiger partial charge in [-0.2, -0.15) is 5.10 Å². The molecule has 0 fully saturated rings. The zero-order valence-electron chi connectivity index (χ0n) is 18.1. The average Bonchev–Trinajstić information content (AvgIpc) is 3.19. The summed E-state index contributed by atoms with van der Waals surface area (Å²) in [6, 6.07) is 15.5. The normalized spacial score (nSPS) is 10.9. The van der Waals surface area contributed by atoms with Gasteiger partial charge < -0.3 is 10.1 Å². The number of hydrogen-bond acceptors (Lipinski definition) is 5. The van der Waals surface area contributed by atoms with E-state index in [4.69, 9.17) is 4.74 Å². The van der Waals surface area contributed by atoms with E-state index in [1.54, 1.807) is 15.6 Å². The number of carbonyl (C=O) groups is 1. The molecule has 0 aliphatic carbocycles. The Morgan fingerprint density at radius 1 is 1.09 bits per heavy atom. The largest absolute Gasteiger partial charge is 0.484 e. The van der Waals surface area contributed by atoms with Crippen molar-refractivity contribution in [3.8, 4) is 5.75 Å². The van der Waals surface area contributed by atoms with Gasteiger partial charge in [-0.15, -0.1) is 0 Å². The van der Waals surface area contributed by atoms with Crippen molar-refractivity contribution in [3.63, 3.8) is 0 Å². The number of nitrogens with one attached hydrogen (secondary N) is 1. The van der Waals surface area contributed by atoms with Gasteiger partial charge in [0.1, 0.15) is 17.5 Å². The lowest BCUT2D eigenvalue weighted by molar-refractivity contribution is -0.123. The molecule has 0 saturated carbocycles. The summed E-state index contributed by atoms with van der Waals surface area (Å²) >= 11 is 0. The van der Waals surface area contributed by atoms with Crippen LogP contribution in [0.5, 0.6) is 5.75 Å². The Balaban J connectivity index is 1.34.